The number of ether oxygens (including phenoxy) is 1. The molecule has 1 fully saturated rings. The lowest BCUT2D eigenvalue weighted by molar-refractivity contribution is 0.0526. The zero-order valence-corrected chi connectivity index (χ0v) is 14.6. The topological polar surface area (TPSA) is 50.4 Å². The highest BCUT2D eigenvalue weighted by molar-refractivity contribution is 7.80. The normalized spacial score (nSPS) is 16.0. The second-order valence-electron chi connectivity index (χ2n) is 5.94. The first-order valence-electron chi connectivity index (χ1n) is 8.53. The van der Waals surface area contributed by atoms with E-state index in [1.165, 1.54) is 44.9 Å². The van der Waals surface area contributed by atoms with Gasteiger partial charge in [-0.1, -0.05) is 32.1 Å². The van der Waals surface area contributed by atoms with Gasteiger partial charge in [-0.05, 0) is 56.2 Å². The maximum Gasteiger partial charge on any atom is 0.338 e. The van der Waals surface area contributed by atoms with Crippen LogP contribution in [0.5, 0.6) is 0 Å². The first-order chi connectivity index (χ1) is 11.2. The summed E-state index contributed by atoms with van der Waals surface area (Å²) in [5.74, 6) is -0.297. The minimum absolute atomic E-state index is 0.297. The van der Waals surface area contributed by atoms with Crippen LogP contribution in [0.2, 0.25) is 0 Å². The van der Waals surface area contributed by atoms with E-state index in [4.69, 9.17) is 17.0 Å². The van der Waals surface area contributed by atoms with E-state index in [0.717, 1.165) is 5.69 Å². The van der Waals surface area contributed by atoms with Crippen LogP contribution in [0.3, 0.4) is 0 Å². The van der Waals surface area contributed by atoms with E-state index < -0.39 is 0 Å². The predicted molar refractivity (Wildman–Crippen MR) is 97.9 cm³/mol. The average molecular weight is 334 g/mol. The van der Waals surface area contributed by atoms with Gasteiger partial charge in [0.2, 0.25) is 0 Å². The molecule has 23 heavy (non-hydrogen) atoms. The SMILES string of the molecule is CCOC(=O)c1ccc(NC(=S)NC2CCCCCCC2)cc1. The summed E-state index contributed by atoms with van der Waals surface area (Å²) in [4.78, 5) is 11.6. The summed E-state index contributed by atoms with van der Waals surface area (Å²) in [6.07, 6.45) is 8.93. The summed E-state index contributed by atoms with van der Waals surface area (Å²) in [6, 6.07) is 7.66. The van der Waals surface area contributed by atoms with Gasteiger partial charge in [0.25, 0.3) is 0 Å². The molecule has 2 N–H and O–H groups in total. The van der Waals surface area contributed by atoms with Crippen molar-refractivity contribution in [2.75, 3.05) is 11.9 Å². The lowest BCUT2D eigenvalue weighted by Crippen LogP contribution is -2.38. The molecule has 0 aromatic heterocycles. The molecule has 1 aromatic rings. The predicted octanol–water partition coefficient (Wildman–Crippen LogP) is 4.26. The number of nitrogens with one attached hydrogen (secondary N) is 2. The summed E-state index contributed by atoms with van der Waals surface area (Å²) in [5.41, 5.74) is 1.43. The van der Waals surface area contributed by atoms with Gasteiger partial charge >= 0.3 is 5.97 Å². The Kier molecular flexibility index (Phi) is 7.33. The van der Waals surface area contributed by atoms with E-state index in [0.29, 0.717) is 23.3 Å². The van der Waals surface area contributed by atoms with Crippen LogP contribution in [0, 0.1) is 0 Å². The van der Waals surface area contributed by atoms with Gasteiger partial charge in [0.15, 0.2) is 5.11 Å². The molecule has 5 heteroatoms. The van der Waals surface area contributed by atoms with Gasteiger partial charge in [-0.2, -0.15) is 0 Å². The Hall–Kier alpha value is -1.62. The molecular weight excluding hydrogens is 308 g/mol. The molecule has 1 aromatic carbocycles. The van der Waals surface area contributed by atoms with Crippen LogP contribution in [-0.4, -0.2) is 23.7 Å². The van der Waals surface area contributed by atoms with Crippen LogP contribution < -0.4 is 10.6 Å². The molecule has 0 saturated heterocycles. The van der Waals surface area contributed by atoms with Gasteiger partial charge < -0.3 is 15.4 Å². The summed E-state index contributed by atoms with van der Waals surface area (Å²) >= 11 is 5.41. The van der Waals surface area contributed by atoms with Crippen LogP contribution in [-0.2, 0) is 4.74 Å². The Morgan fingerprint density at radius 2 is 1.74 bits per heavy atom. The monoisotopic (exact) mass is 334 g/mol. The van der Waals surface area contributed by atoms with Crippen molar-refractivity contribution < 1.29 is 9.53 Å². The molecule has 0 heterocycles. The van der Waals surface area contributed by atoms with Crippen molar-refractivity contribution in [1.29, 1.82) is 0 Å². The van der Waals surface area contributed by atoms with Gasteiger partial charge in [-0.15, -0.1) is 0 Å². The first-order valence-corrected chi connectivity index (χ1v) is 8.94. The minimum Gasteiger partial charge on any atom is -0.462 e. The quantitative estimate of drug-likeness (QED) is 0.636. The molecule has 1 saturated carbocycles. The van der Waals surface area contributed by atoms with E-state index in [1.807, 2.05) is 12.1 Å². The van der Waals surface area contributed by atoms with Gasteiger partial charge in [0.1, 0.15) is 0 Å². The van der Waals surface area contributed by atoms with E-state index in [-0.39, 0.29) is 5.97 Å². The van der Waals surface area contributed by atoms with Gasteiger partial charge in [0, 0.05) is 11.7 Å². The molecule has 2 rings (SSSR count). The second kappa shape index (κ2) is 9.50. The molecule has 1 aliphatic carbocycles. The van der Waals surface area contributed by atoms with Gasteiger partial charge in [0.05, 0.1) is 12.2 Å². The third-order valence-corrected chi connectivity index (χ3v) is 4.31. The first kappa shape index (κ1) is 17.7. The van der Waals surface area contributed by atoms with Crippen molar-refractivity contribution in [3.63, 3.8) is 0 Å². The third kappa shape index (κ3) is 6.18. The number of thiocarbonyl (C=S) groups is 1. The highest BCUT2D eigenvalue weighted by Crippen LogP contribution is 2.17. The summed E-state index contributed by atoms with van der Waals surface area (Å²) in [7, 11) is 0. The van der Waals surface area contributed by atoms with Crippen molar-refractivity contribution in [1.82, 2.24) is 5.32 Å². The fourth-order valence-electron chi connectivity index (χ4n) is 2.86. The van der Waals surface area contributed by atoms with E-state index >= 15 is 0 Å². The molecule has 0 atom stereocenters. The smallest absolute Gasteiger partial charge is 0.338 e. The minimum atomic E-state index is -0.297. The average Bonchev–Trinajstić information content (AvgIpc) is 2.51. The zero-order valence-electron chi connectivity index (χ0n) is 13.8. The number of carbonyl (C=O) groups excluding carboxylic acids is 1. The van der Waals surface area contributed by atoms with E-state index in [2.05, 4.69) is 10.6 Å². The summed E-state index contributed by atoms with van der Waals surface area (Å²) < 4.78 is 4.97. The Bertz CT molecular complexity index is 508. The van der Waals surface area contributed by atoms with Crippen LogP contribution in [0.25, 0.3) is 0 Å². The number of hydrogen-bond acceptors (Lipinski definition) is 3. The number of esters is 1. The van der Waals surface area contributed by atoms with Crippen molar-refractivity contribution in [3.8, 4) is 0 Å². The zero-order chi connectivity index (χ0) is 16.5. The number of anilines is 1. The molecule has 4 nitrogen and oxygen atoms in total. The highest BCUT2D eigenvalue weighted by atomic mass is 32.1. The molecular formula is C18H26N2O2S. The van der Waals surface area contributed by atoms with Crippen LogP contribution in [0.15, 0.2) is 24.3 Å². The molecule has 0 radical (unpaired) electrons. The van der Waals surface area contributed by atoms with Crippen molar-refractivity contribution in [2.24, 2.45) is 0 Å². The Balaban J connectivity index is 1.83. The van der Waals surface area contributed by atoms with E-state index in [9.17, 15) is 4.79 Å². The fraction of sp³-hybridized carbons (Fsp3) is 0.556. The number of rotatable bonds is 4. The Labute approximate surface area is 144 Å². The van der Waals surface area contributed by atoms with Crippen LogP contribution >= 0.6 is 12.2 Å². The highest BCUT2D eigenvalue weighted by Gasteiger charge is 2.12. The summed E-state index contributed by atoms with van der Waals surface area (Å²) in [6.45, 7) is 2.18. The van der Waals surface area contributed by atoms with E-state index in [1.54, 1.807) is 19.1 Å². The third-order valence-electron chi connectivity index (χ3n) is 4.09. The number of hydrogen-bond donors (Lipinski definition) is 2. The van der Waals surface area contributed by atoms with Crippen LogP contribution in [0.1, 0.15) is 62.2 Å². The molecule has 126 valence electrons. The molecule has 0 bridgehead atoms. The standard InChI is InChI=1S/C18H26N2O2S/c1-2-22-17(21)14-10-12-16(13-11-14)20-18(23)19-15-8-6-4-3-5-7-9-15/h10-13,15H,2-9H2,1H3,(H2,19,20,23). The molecule has 0 aliphatic heterocycles. The van der Waals surface area contributed by atoms with Crippen molar-refractivity contribution >= 4 is 29.0 Å². The molecule has 0 unspecified atom stereocenters. The number of carbonyl (C=O) groups is 1. The molecule has 0 amide bonds. The van der Waals surface area contributed by atoms with Gasteiger partial charge in [-0.3, -0.25) is 0 Å². The maximum atomic E-state index is 11.6. The molecule has 0 spiro atoms. The van der Waals surface area contributed by atoms with Crippen LogP contribution in [0.4, 0.5) is 5.69 Å². The second-order valence-corrected chi connectivity index (χ2v) is 6.35. The lowest BCUT2D eigenvalue weighted by atomic mass is 9.97. The lowest BCUT2D eigenvalue weighted by Gasteiger charge is -2.22. The van der Waals surface area contributed by atoms with Crippen molar-refractivity contribution in [2.45, 2.75) is 57.9 Å². The summed E-state index contributed by atoms with van der Waals surface area (Å²) in [5, 5.41) is 7.27. The Morgan fingerprint density at radius 1 is 1.13 bits per heavy atom. The maximum absolute atomic E-state index is 11.6. The van der Waals surface area contributed by atoms with Gasteiger partial charge in [-0.25, -0.2) is 4.79 Å². The molecule has 1 aliphatic rings. The number of benzene rings is 1. The largest absolute Gasteiger partial charge is 0.462 e. The fourth-order valence-corrected chi connectivity index (χ4v) is 3.14. The Morgan fingerprint density at radius 3 is 2.35 bits per heavy atom. The van der Waals surface area contributed by atoms with Crippen molar-refractivity contribution in [3.05, 3.63) is 29.8 Å².